The molecule has 0 aliphatic rings. The van der Waals surface area contributed by atoms with Gasteiger partial charge >= 0.3 is 0 Å². The van der Waals surface area contributed by atoms with Crippen LogP contribution in [0.5, 0.6) is 0 Å². The number of benzene rings is 1. The number of hydrogen-bond acceptors (Lipinski definition) is 1. The van der Waals surface area contributed by atoms with Gasteiger partial charge in [0.25, 0.3) is 0 Å². The van der Waals surface area contributed by atoms with Crippen LogP contribution in [-0.4, -0.2) is 4.98 Å². The minimum absolute atomic E-state index is 0.132. The van der Waals surface area contributed by atoms with Crippen molar-refractivity contribution in [3.8, 4) is 0 Å². The summed E-state index contributed by atoms with van der Waals surface area (Å²) in [5, 5.41) is 0.805. The van der Waals surface area contributed by atoms with Crippen LogP contribution in [0.25, 0.3) is 10.9 Å². The summed E-state index contributed by atoms with van der Waals surface area (Å²) in [5.74, 6) is 0. The van der Waals surface area contributed by atoms with Gasteiger partial charge in [-0.05, 0) is 37.0 Å². The minimum Gasteiger partial charge on any atom is -0.358 e. The molecule has 1 aromatic carbocycles. The van der Waals surface area contributed by atoms with Gasteiger partial charge in [-0.15, -0.1) is 0 Å². The number of aromatic nitrogens is 1. The van der Waals surface area contributed by atoms with E-state index >= 15 is 0 Å². The molecular formula is C15H19NO. The third kappa shape index (κ3) is 2.12. The van der Waals surface area contributed by atoms with E-state index < -0.39 is 0 Å². The number of aromatic amines is 1. The van der Waals surface area contributed by atoms with Gasteiger partial charge in [0.15, 0.2) is 5.43 Å². The Hall–Kier alpha value is -1.57. The number of nitrogens with one attached hydrogen (secondary N) is 1. The molecule has 2 nitrogen and oxygen atoms in total. The summed E-state index contributed by atoms with van der Waals surface area (Å²) in [6.07, 6.45) is 2.98. The first-order valence-electron chi connectivity index (χ1n) is 6.31. The smallest absolute Gasteiger partial charge is 0.189 e. The van der Waals surface area contributed by atoms with Crippen molar-refractivity contribution in [2.75, 3.05) is 0 Å². The minimum atomic E-state index is 0.132. The molecule has 0 spiro atoms. The molecule has 0 radical (unpaired) electrons. The summed E-state index contributed by atoms with van der Waals surface area (Å²) in [6, 6.07) is 5.74. The molecular weight excluding hydrogens is 210 g/mol. The molecule has 2 aromatic rings. The quantitative estimate of drug-likeness (QED) is 0.860. The van der Waals surface area contributed by atoms with E-state index in [4.69, 9.17) is 0 Å². The Morgan fingerprint density at radius 1 is 1.24 bits per heavy atom. The van der Waals surface area contributed by atoms with Crippen molar-refractivity contribution < 1.29 is 0 Å². The van der Waals surface area contributed by atoms with Crippen molar-refractivity contribution >= 4 is 10.9 Å². The number of rotatable bonds is 3. The molecule has 0 saturated heterocycles. The highest BCUT2D eigenvalue weighted by Gasteiger charge is 2.06. The zero-order valence-corrected chi connectivity index (χ0v) is 10.8. The Labute approximate surface area is 102 Å². The van der Waals surface area contributed by atoms with Gasteiger partial charge in [-0.2, -0.15) is 0 Å². The summed E-state index contributed by atoms with van der Waals surface area (Å²) in [4.78, 5) is 15.4. The molecule has 0 fully saturated rings. The number of hydrogen-bond donors (Lipinski definition) is 1. The van der Waals surface area contributed by atoms with E-state index in [1.54, 1.807) is 6.07 Å². The fourth-order valence-corrected chi connectivity index (χ4v) is 2.34. The van der Waals surface area contributed by atoms with Crippen LogP contribution in [0.2, 0.25) is 0 Å². The van der Waals surface area contributed by atoms with Crippen LogP contribution in [0.15, 0.2) is 23.0 Å². The topological polar surface area (TPSA) is 32.9 Å². The predicted molar refractivity (Wildman–Crippen MR) is 72.7 cm³/mol. The van der Waals surface area contributed by atoms with E-state index in [1.807, 2.05) is 6.07 Å². The Morgan fingerprint density at radius 3 is 2.65 bits per heavy atom. The van der Waals surface area contributed by atoms with E-state index in [1.165, 1.54) is 11.1 Å². The summed E-state index contributed by atoms with van der Waals surface area (Å²) >= 11 is 0. The average Bonchev–Trinajstić information content (AvgIpc) is 2.31. The van der Waals surface area contributed by atoms with Gasteiger partial charge in [-0.1, -0.05) is 26.3 Å². The van der Waals surface area contributed by atoms with Crippen molar-refractivity contribution in [1.29, 1.82) is 0 Å². The molecule has 0 unspecified atom stereocenters. The van der Waals surface area contributed by atoms with E-state index in [-0.39, 0.29) is 5.43 Å². The van der Waals surface area contributed by atoms with Crippen molar-refractivity contribution in [1.82, 2.24) is 4.98 Å². The lowest BCUT2D eigenvalue weighted by Crippen LogP contribution is -2.07. The second kappa shape index (κ2) is 4.74. The molecule has 1 aromatic heterocycles. The zero-order valence-electron chi connectivity index (χ0n) is 10.8. The number of pyridine rings is 1. The lowest BCUT2D eigenvalue weighted by atomic mass is 10.0. The normalized spacial score (nSPS) is 11.0. The first-order valence-corrected chi connectivity index (χ1v) is 6.31. The summed E-state index contributed by atoms with van der Waals surface area (Å²) in [7, 11) is 0. The van der Waals surface area contributed by atoms with Gasteiger partial charge in [0, 0.05) is 17.1 Å². The number of H-pyrrole nitrogens is 1. The highest BCUT2D eigenvalue weighted by molar-refractivity contribution is 5.82. The van der Waals surface area contributed by atoms with Crippen LogP contribution in [0.4, 0.5) is 0 Å². The lowest BCUT2D eigenvalue weighted by Gasteiger charge is -2.09. The molecule has 90 valence electrons. The number of fused-ring (bicyclic) bond motifs is 1. The van der Waals surface area contributed by atoms with Crippen LogP contribution in [-0.2, 0) is 12.8 Å². The maximum absolute atomic E-state index is 12.0. The highest BCUT2D eigenvalue weighted by atomic mass is 16.1. The standard InChI is InChI=1S/C15H19NO/c1-4-6-12-9-14(17)13-8-7-11(5-2)10(3)15(13)16-12/h7-9H,4-6H2,1-3H3,(H,16,17). The van der Waals surface area contributed by atoms with Crippen molar-refractivity contribution in [2.24, 2.45) is 0 Å². The van der Waals surface area contributed by atoms with Gasteiger partial charge in [0.05, 0.1) is 5.52 Å². The second-order valence-corrected chi connectivity index (χ2v) is 4.53. The molecule has 0 aliphatic carbocycles. The van der Waals surface area contributed by atoms with Gasteiger partial charge in [0.2, 0.25) is 0 Å². The summed E-state index contributed by atoms with van der Waals surface area (Å²) < 4.78 is 0. The fraction of sp³-hybridized carbons (Fsp3) is 0.400. The molecule has 1 heterocycles. The first kappa shape index (κ1) is 11.9. The Morgan fingerprint density at radius 2 is 2.00 bits per heavy atom. The van der Waals surface area contributed by atoms with E-state index in [9.17, 15) is 4.79 Å². The van der Waals surface area contributed by atoms with Crippen LogP contribution in [0.1, 0.15) is 37.1 Å². The predicted octanol–water partition coefficient (Wildman–Crippen LogP) is 3.35. The Balaban J connectivity index is 2.74. The van der Waals surface area contributed by atoms with Crippen LogP contribution >= 0.6 is 0 Å². The Bertz CT molecular complexity index is 596. The SMILES string of the molecule is CCCc1cc(=O)c2ccc(CC)c(C)c2[nH]1. The maximum Gasteiger partial charge on any atom is 0.189 e. The summed E-state index contributed by atoms with van der Waals surface area (Å²) in [5.41, 5.74) is 4.71. The Kier molecular flexibility index (Phi) is 3.32. The van der Waals surface area contributed by atoms with E-state index in [0.29, 0.717) is 0 Å². The third-order valence-corrected chi connectivity index (χ3v) is 3.33. The fourth-order valence-electron chi connectivity index (χ4n) is 2.34. The second-order valence-electron chi connectivity index (χ2n) is 4.53. The molecule has 0 bridgehead atoms. The van der Waals surface area contributed by atoms with Gasteiger partial charge < -0.3 is 4.98 Å². The van der Waals surface area contributed by atoms with Crippen molar-refractivity contribution in [3.63, 3.8) is 0 Å². The van der Waals surface area contributed by atoms with Crippen LogP contribution in [0.3, 0.4) is 0 Å². The zero-order chi connectivity index (χ0) is 12.4. The van der Waals surface area contributed by atoms with Gasteiger partial charge in [-0.3, -0.25) is 4.79 Å². The highest BCUT2D eigenvalue weighted by Crippen LogP contribution is 2.18. The van der Waals surface area contributed by atoms with Crippen molar-refractivity contribution in [3.05, 3.63) is 45.2 Å². The third-order valence-electron chi connectivity index (χ3n) is 3.33. The first-order chi connectivity index (χ1) is 8.17. The van der Waals surface area contributed by atoms with E-state index in [0.717, 1.165) is 35.9 Å². The molecule has 2 rings (SSSR count). The molecule has 0 aliphatic heterocycles. The van der Waals surface area contributed by atoms with Crippen LogP contribution in [0, 0.1) is 6.92 Å². The lowest BCUT2D eigenvalue weighted by molar-refractivity contribution is 0.887. The molecule has 17 heavy (non-hydrogen) atoms. The molecule has 2 heteroatoms. The summed E-state index contributed by atoms with van der Waals surface area (Å²) in [6.45, 7) is 6.35. The van der Waals surface area contributed by atoms with Crippen molar-refractivity contribution in [2.45, 2.75) is 40.0 Å². The largest absolute Gasteiger partial charge is 0.358 e. The van der Waals surface area contributed by atoms with Gasteiger partial charge in [-0.25, -0.2) is 0 Å². The number of aryl methyl sites for hydroxylation is 3. The molecule has 1 N–H and O–H groups in total. The monoisotopic (exact) mass is 229 g/mol. The molecule has 0 saturated carbocycles. The maximum atomic E-state index is 12.0. The average molecular weight is 229 g/mol. The van der Waals surface area contributed by atoms with Crippen LogP contribution < -0.4 is 5.43 Å². The molecule has 0 amide bonds. The van der Waals surface area contributed by atoms with E-state index in [2.05, 4.69) is 31.8 Å². The van der Waals surface area contributed by atoms with Gasteiger partial charge in [0.1, 0.15) is 0 Å². The molecule has 0 atom stereocenters.